The van der Waals surface area contributed by atoms with E-state index in [0.29, 0.717) is 11.4 Å². The number of rotatable bonds is 6. The van der Waals surface area contributed by atoms with E-state index in [2.05, 4.69) is 10.3 Å². The second kappa shape index (κ2) is 7.21. The first-order chi connectivity index (χ1) is 11.0. The van der Waals surface area contributed by atoms with Crippen molar-refractivity contribution in [2.45, 2.75) is 13.0 Å². The van der Waals surface area contributed by atoms with E-state index in [4.69, 9.17) is 9.47 Å². The quantitative estimate of drug-likeness (QED) is 0.648. The van der Waals surface area contributed by atoms with Crippen molar-refractivity contribution in [1.29, 1.82) is 0 Å². The van der Waals surface area contributed by atoms with Crippen LogP contribution in [0, 0.1) is 10.1 Å². The zero-order chi connectivity index (χ0) is 16.8. The normalized spacial score (nSPS) is 11.4. The summed E-state index contributed by atoms with van der Waals surface area (Å²) in [6.07, 6.45) is 0.343. The highest BCUT2D eigenvalue weighted by molar-refractivity contribution is 5.94. The number of nitrogens with zero attached hydrogens (tertiary/aromatic N) is 2. The standard InChI is InChI=1S/C15H15N3O5/c1-10(23-13-7-4-8-16-14(13)18(20)21)15(19)17-11-5-3-6-12(9-11)22-2/h3-10H,1-2H3,(H,17,19). The minimum atomic E-state index is -0.941. The number of pyridine rings is 1. The van der Waals surface area contributed by atoms with Gasteiger partial charge in [0.05, 0.1) is 7.11 Å². The number of methoxy groups -OCH3 is 1. The first-order valence-electron chi connectivity index (χ1n) is 6.72. The maximum absolute atomic E-state index is 12.1. The van der Waals surface area contributed by atoms with Gasteiger partial charge < -0.3 is 24.9 Å². The Labute approximate surface area is 132 Å². The molecule has 8 nitrogen and oxygen atoms in total. The average Bonchev–Trinajstić information content (AvgIpc) is 2.55. The molecule has 0 aliphatic rings. The molecule has 1 heterocycles. The summed E-state index contributed by atoms with van der Waals surface area (Å²) in [5.41, 5.74) is 0.533. The second-order valence-electron chi connectivity index (χ2n) is 4.56. The molecule has 1 N–H and O–H groups in total. The predicted molar refractivity (Wildman–Crippen MR) is 82.6 cm³/mol. The largest absolute Gasteiger partial charge is 0.497 e. The van der Waals surface area contributed by atoms with E-state index in [1.165, 1.54) is 32.4 Å². The minimum Gasteiger partial charge on any atom is -0.497 e. The van der Waals surface area contributed by atoms with Crippen LogP contribution in [0.4, 0.5) is 11.5 Å². The van der Waals surface area contributed by atoms with Gasteiger partial charge in [-0.2, -0.15) is 0 Å². The highest BCUT2D eigenvalue weighted by Gasteiger charge is 2.21. The number of ether oxygens (including phenoxy) is 2. The van der Waals surface area contributed by atoms with Crippen molar-refractivity contribution in [2.24, 2.45) is 0 Å². The Morgan fingerprint density at radius 1 is 1.35 bits per heavy atom. The van der Waals surface area contributed by atoms with Crippen LogP contribution in [0.25, 0.3) is 0 Å². The molecule has 1 amide bonds. The van der Waals surface area contributed by atoms with Crippen LogP contribution in [0.3, 0.4) is 0 Å². The Balaban J connectivity index is 2.07. The van der Waals surface area contributed by atoms with Crippen LogP contribution in [0.2, 0.25) is 0 Å². The van der Waals surface area contributed by atoms with Crippen LogP contribution < -0.4 is 14.8 Å². The van der Waals surface area contributed by atoms with Gasteiger partial charge in [-0.05, 0) is 41.1 Å². The number of carbonyl (C=O) groups is 1. The smallest absolute Gasteiger partial charge is 0.406 e. The topological polar surface area (TPSA) is 104 Å². The highest BCUT2D eigenvalue weighted by atomic mass is 16.6. The Kier molecular flexibility index (Phi) is 5.08. The molecule has 0 saturated carbocycles. The first kappa shape index (κ1) is 16.2. The third kappa shape index (κ3) is 4.16. The van der Waals surface area contributed by atoms with Crippen molar-refractivity contribution in [1.82, 2.24) is 4.98 Å². The average molecular weight is 317 g/mol. The molecular weight excluding hydrogens is 302 g/mol. The number of amides is 1. The monoisotopic (exact) mass is 317 g/mol. The molecule has 0 saturated heterocycles. The molecule has 0 spiro atoms. The first-order valence-corrected chi connectivity index (χ1v) is 6.72. The maximum Gasteiger partial charge on any atom is 0.406 e. The lowest BCUT2D eigenvalue weighted by atomic mass is 10.2. The number of anilines is 1. The van der Waals surface area contributed by atoms with Crippen LogP contribution >= 0.6 is 0 Å². The summed E-state index contributed by atoms with van der Waals surface area (Å²) in [5, 5.41) is 13.5. The molecule has 23 heavy (non-hydrogen) atoms. The highest BCUT2D eigenvalue weighted by Crippen LogP contribution is 2.24. The molecule has 2 aromatic rings. The van der Waals surface area contributed by atoms with E-state index in [-0.39, 0.29) is 5.75 Å². The van der Waals surface area contributed by atoms with Gasteiger partial charge in [0.2, 0.25) is 5.75 Å². The zero-order valence-corrected chi connectivity index (χ0v) is 12.6. The Bertz CT molecular complexity index is 720. The molecule has 1 aromatic carbocycles. The fraction of sp³-hybridized carbons (Fsp3) is 0.200. The summed E-state index contributed by atoms with van der Waals surface area (Å²) >= 11 is 0. The zero-order valence-electron chi connectivity index (χ0n) is 12.6. The van der Waals surface area contributed by atoms with Crippen molar-refractivity contribution in [3.63, 3.8) is 0 Å². The van der Waals surface area contributed by atoms with Gasteiger partial charge in [0.1, 0.15) is 11.9 Å². The van der Waals surface area contributed by atoms with Gasteiger partial charge in [0.15, 0.2) is 6.10 Å². The van der Waals surface area contributed by atoms with Crippen LogP contribution in [-0.2, 0) is 4.79 Å². The lowest BCUT2D eigenvalue weighted by Gasteiger charge is -2.14. The van der Waals surface area contributed by atoms with Crippen molar-refractivity contribution in [2.75, 3.05) is 12.4 Å². The molecule has 0 aliphatic carbocycles. The number of benzene rings is 1. The van der Waals surface area contributed by atoms with Gasteiger partial charge in [-0.25, -0.2) is 0 Å². The fourth-order valence-electron chi connectivity index (χ4n) is 1.80. The van der Waals surface area contributed by atoms with Gasteiger partial charge >= 0.3 is 5.82 Å². The molecule has 0 bridgehead atoms. The SMILES string of the molecule is COc1cccc(NC(=O)C(C)Oc2cccnc2[N+](=O)[O-])c1. The summed E-state index contributed by atoms with van der Waals surface area (Å²) in [5.74, 6) is -0.352. The number of hydrogen-bond donors (Lipinski definition) is 1. The lowest BCUT2D eigenvalue weighted by Crippen LogP contribution is -2.30. The molecule has 8 heteroatoms. The Morgan fingerprint density at radius 2 is 2.13 bits per heavy atom. The maximum atomic E-state index is 12.1. The molecule has 120 valence electrons. The number of hydrogen-bond acceptors (Lipinski definition) is 6. The minimum absolute atomic E-state index is 0.0641. The molecule has 2 rings (SSSR count). The summed E-state index contributed by atoms with van der Waals surface area (Å²) in [7, 11) is 1.52. The van der Waals surface area contributed by atoms with E-state index in [1.54, 1.807) is 24.3 Å². The lowest BCUT2D eigenvalue weighted by molar-refractivity contribution is -0.390. The number of nitro groups is 1. The van der Waals surface area contributed by atoms with Crippen LogP contribution in [-0.4, -0.2) is 29.0 Å². The van der Waals surface area contributed by atoms with Crippen molar-refractivity contribution >= 4 is 17.4 Å². The molecule has 1 unspecified atom stereocenters. The second-order valence-corrected chi connectivity index (χ2v) is 4.56. The third-order valence-electron chi connectivity index (χ3n) is 2.93. The molecule has 1 atom stereocenters. The molecule has 0 fully saturated rings. The summed E-state index contributed by atoms with van der Waals surface area (Å²) in [6, 6.07) is 9.70. The van der Waals surface area contributed by atoms with Crippen molar-refractivity contribution in [3.05, 3.63) is 52.7 Å². The van der Waals surface area contributed by atoms with Crippen molar-refractivity contribution in [3.8, 4) is 11.5 Å². The van der Waals surface area contributed by atoms with E-state index >= 15 is 0 Å². The van der Waals surface area contributed by atoms with Gasteiger partial charge in [0.25, 0.3) is 5.91 Å². The summed E-state index contributed by atoms with van der Waals surface area (Å²) in [4.78, 5) is 26.0. The molecule has 1 aromatic heterocycles. The number of aromatic nitrogens is 1. The van der Waals surface area contributed by atoms with E-state index in [1.807, 2.05) is 0 Å². The van der Waals surface area contributed by atoms with Crippen molar-refractivity contribution < 1.29 is 19.2 Å². The fourth-order valence-corrected chi connectivity index (χ4v) is 1.80. The van der Waals surface area contributed by atoms with Gasteiger partial charge in [-0.3, -0.25) is 4.79 Å². The van der Waals surface area contributed by atoms with E-state index in [0.717, 1.165) is 0 Å². The number of carbonyl (C=O) groups excluding carboxylic acids is 1. The summed E-state index contributed by atoms with van der Waals surface area (Å²) < 4.78 is 10.4. The van der Waals surface area contributed by atoms with Gasteiger partial charge in [-0.1, -0.05) is 6.07 Å². The van der Waals surface area contributed by atoms with Crippen LogP contribution in [0.15, 0.2) is 42.6 Å². The van der Waals surface area contributed by atoms with Gasteiger partial charge in [0, 0.05) is 11.8 Å². The number of nitrogens with one attached hydrogen (secondary N) is 1. The van der Waals surface area contributed by atoms with Crippen LogP contribution in [0.5, 0.6) is 11.5 Å². The Hall–Kier alpha value is -3.16. The van der Waals surface area contributed by atoms with Gasteiger partial charge in [-0.15, -0.1) is 0 Å². The Morgan fingerprint density at radius 3 is 2.83 bits per heavy atom. The summed E-state index contributed by atoms with van der Waals surface area (Å²) in [6.45, 7) is 1.49. The van der Waals surface area contributed by atoms with E-state index < -0.39 is 22.8 Å². The molecule has 0 aliphatic heterocycles. The third-order valence-corrected chi connectivity index (χ3v) is 2.93. The molecular formula is C15H15N3O5. The van der Waals surface area contributed by atoms with Crippen LogP contribution in [0.1, 0.15) is 6.92 Å². The predicted octanol–water partition coefficient (Wildman–Crippen LogP) is 2.40. The van der Waals surface area contributed by atoms with E-state index in [9.17, 15) is 14.9 Å². The molecule has 0 radical (unpaired) electrons.